The van der Waals surface area contributed by atoms with Crippen molar-refractivity contribution in [3.8, 4) is 6.07 Å². The molecule has 0 atom stereocenters. The predicted octanol–water partition coefficient (Wildman–Crippen LogP) is 0.678. The van der Waals surface area contributed by atoms with E-state index in [2.05, 4.69) is 10.5 Å². The molecule has 0 saturated carbocycles. The number of hydrogen-bond acceptors (Lipinski definition) is 6. The molecule has 0 saturated heterocycles. The molecule has 0 heterocycles. The highest BCUT2D eigenvalue weighted by molar-refractivity contribution is 6.45. The van der Waals surface area contributed by atoms with Crippen molar-refractivity contribution >= 4 is 28.9 Å². The van der Waals surface area contributed by atoms with Gasteiger partial charge in [-0.3, -0.25) is 10.8 Å². The van der Waals surface area contributed by atoms with Crippen molar-refractivity contribution < 1.29 is 9.90 Å². The SMILES string of the molecule is CN(C)c1ccc(N/N=C(\C#N)C(=N)N)cc1C(=O)O. The third-order valence-electron chi connectivity index (χ3n) is 2.37. The molecule has 8 heteroatoms. The van der Waals surface area contributed by atoms with Crippen molar-refractivity contribution in [2.24, 2.45) is 10.8 Å². The Kier molecular flexibility index (Phi) is 4.64. The fourth-order valence-electron chi connectivity index (χ4n) is 1.43. The molecule has 104 valence electrons. The maximum atomic E-state index is 11.2. The van der Waals surface area contributed by atoms with Crippen molar-refractivity contribution in [2.75, 3.05) is 24.4 Å². The Morgan fingerprint density at radius 1 is 1.55 bits per heavy atom. The first-order valence-electron chi connectivity index (χ1n) is 5.49. The lowest BCUT2D eigenvalue weighted by atomic mass is 10.1. The van der Waals surface area contributed by atoms with Crippen LogP contribution in [0, 0.1) is 16.7 Å². The van der Waals surface area contributed by atoms with E-state index in [1.807, 2.05) is 0 Å². The van der Waals surface area contributed by atoms with Gasteiger partial charge in [0.15, 0.2) is 5.84 Å². The molecule has 0 aliphatic heterocycles. The molecule has 0 radical (unpaired) electrons. The first kappa shape index (κ1) is 15.0. The van der Waals surface area contributed by atoms with Gasteiger partial charge in [0.25, 0.3) is 0 Å². The van der Waals surface area contributed by atoms with Crippen LogP contribution in [-0.2, 0) is 0 Å². The predicted molar refractivity (Wildman–Crippen MR) is 76.3 cm³/mol. The van der Waals surface area contributed by atoms with E-state index in [9.17, 15) is 4.79 Å². The summed E-state index contributed by atoms with van der Waals surface area (Å²) >= 11 is 0. The first-order valence-corrected chi connectivity index (χ1v) is 5.49. The van der Waals surface area contributed by atoms with Gasteiger partial charge in [0, 0.05) is 14.1 Å². The van der Waals surface area contributed by atoms with E-state index in [0.29, 0.717) is 11.4 Å². The van der Waals surface area contributed by atoms with Crippen LogP contribution in [0.25, 0.3) is 0 Å². The van der Waals surface area contributed by atoms with Gasteiger partial charge in [0.05, 0.1) is 16.9 Å². The zero-order valence-corrected chi connectivity index (χ0v) is 11.0. The standard InChI is InChI=1S/C12H14N6O2/c1-18(2)10-4-3-7(5-8(10)12(19)20)16-17-9(6-13)11(14)15/h3-5,16H,1-2H3,(H3,14,15)(H,19,20)/b17-9+. The quantitative estimate of drug-likeness (QED) is 0.353. The summed E-state index contributed by atoms with van der Waals surface area (Å²) in [6, 6.07) is 6.26. The van der Waals surface area contributed by atoms with Gasteiger partial charge in [-0.25, -0.2) is 4.79 Å². The minimum atomic E-state index is -1.08. The zero-order chi connectivity index (χ0) is 15.3. The van der Waals surface area contributed by atoms with Gasteiger partial charge < -0.3 is 15.7 Å². The molecule has 0 aliphatic carbocycles. The van der Waals surface area contributed by atoms with Gasteiger partial charge in [0.2, 0.25) is 5.71 Å². The van der Waals surface area contributed by atoms with E-state index >= 15 is 0 Å². The number of hydrazone groups is 1. The number of nitriles is 1. The number of nitrogens with two attached hydrogens (primary N) is 1. The van der Waals surface area contributed by atoms with E-state index in [-0.39, 0.29) is 11.3 Å². The number of anilines is 2. The van der Waals surface area contributed by atoms with Crippen LogP contribution in [-0.4, -0.2) is 36.7 Å². The van der Waals surface area contributed by atoms with Gasteiger partial charge in [-0.1, -0.05) is 0 Å². The Balaban J connectivity index is 3.11. The van der Waals surface area contributed by atoms with Crippen LogP contribution in [0.5, 0.6) is 0 Å². The van der Waals surface area contributed by atoms with Crippen LogP contribution in [0.3, 0.4) is 0 Å². The number of hydrogen-bond donors (Lipinski definition) is 4. The molecule has 8 nitrogen and oxygen atoms in total. The minimum Gasteiger partial charge on any atom is -0.478 e. The van der Waals surface area contributed by atoms with Crippen molar-refractivity contribution in [3.05, 3.63) is 23.8 Å². The molecule has 5 N–H and O–H groups in total. The summed E-state index contributed by atoms with van der Waals surface area (Å²) in [5.74, 6) is -1.54. The Morgan fingerprint density at radius 2 is 2.20 bits per heavy atom. The normalized spacial score (nSPS) is 10.6. The van der Waals surface area contributed by atoms with Crippen LogP contribution in [0.2, 0.25) is 0 Å². The zero-order valence-electron chi connectivity index (χ0n) is 11.0. The van der Waals surface area contributed by atoms with Gasteiger partial charge >= 0.3 is 5.97 Å². The highest BCUT2D eigenvalue weighted by Gasteiger charge is 2.12. The fraction of sp³-hybridized carbons (Fsp3) is 0.167. The van der Waals surface area contributed by atoms with Crippen molar-refractivity contribution in [1.82, 2.24) is 0 Å². The summed E-state index contributed by atoms with van der Waals surface area (Å²) in [5, 5.41) is 28.6. The Morgan fingerprint density at radius 3 is 2.65 bits per heavy atom. The molecule has 0 fully saturated rings. The van der Waals surface area contributed by atoms with E-state index in [1.165, 1.54) is 6.07 Å². The lowest BCUT2D eigenvalue weighted by molar-refractivity contribution is 0.0697. The minimum absolute atomic E-state index is 0.0940. The lowest BCUT2D eigenvalue weighted by Crippen LogP contribution is -2.22. The average molecular weight is 274 g/mol. The fourth-order valence-corrected chi connectivity index (χ4v) is 1.43. The monoisotopic (exact) mass is 274 g/mol. The second kappa shape index (κ2) is 6.19. The Hall–Kier alpha value is -3.08. The number of rotatable bonds is 5. The summed E-state index contributed by atoms with van der Waals surface area (Å²) in [5.41, 5.74) is 8.38. The van der Waals surface area contributed by atoms with Crippen LogP contribution < -0.4 is 16.1 Å². The van der Waals surface area contributed by atoms with E-state index in [4.69, 9.17) is 21.5 Å². The summed E-state index contributed by atoms with van der Waals surface area (Å²) in [6.07, 6.45) is 0. The van der Waals surface area contributed by atoms with Gasteiger partial charge in [0.1, 0.15) is 6.07 Å². The van der Waals surface area contributed by atoms with E-state index in [0.717, 1.165) is 0 Å². The molecule has 0 bridgehead atoms. The smallest absolute Gasteiger partial charge is 0.337 e. The molecule has 1 aromatic carbocycles. The topological polar surface area (TPSA) is 139 Å². The highest BCUT2D eigenvalue weighted by Crippen LogP contribution is 2.22. The number of aromatic carboxylic acids is 1. The number of nitrogens with one attached hydrogen (secondary N) is 2. The van der Waals surface area contributed by atoms with Gasteiger partial charge in [-0.2, -0.15) is 10.4 Å². The number of nitrogens with zero attached hydrogens (tertiary/aromatic N) is 3. The largest absolute Gasteiger partial charge is 0.478 e. The number of benzene rings is 1. The molecule has 1 rings (SSSR count). The van der Waals surface area contributed by atoms with E-state index < -0.39 is 11.8 Å². The maximum Gasteiger partial charge on any atom is 0.337 e. The summed E-state index contributed by atoms with van der Waals surface area (Å²) in [7, 11) is 3.47. The molecular formula is C12H14N6O2. The van der Waals surface area contributed by atoms with Crippen LogP contribution in [0.15, 0.2) is 23.3 Å². The molecule has 0 aliphatic rings. The molecule has 0 amide bonds. The Bertz CT molecular complexity index is 615. The second-order valence-electron chi connectivity index (χ2n) is 4.03. The summed E-state index contributed by atoms with van der Waals surface area (Å²) in [6.45, 7) is 0. The summed E-state index contributed by atoms with van der Waals surface area (Å²) in [4.78, 5) is 12.9. The van der Waals surface area contributed by atoms with Gasteiger partial charge in [-0.15, -0.1) is 0 Å². The maximum absolute atomic E-state index is 11.2. The molecule has 20 heavy (non-hydrogen) atoms. The highest BCUT2D eigenvalue weighted by atomic mass is 16.4. The molecule has 0 unspecified atom stereocenters. The van der Waals surface area contributed by atoms with Gasteiger partial charge in [-0.05, 0) is 18.2 Å². The number of carboxylic acids is 1. The third kappa shape index (κ3) is 3.46. The van der Waals surface area contributed by atoms with Crippen LogP contribution in [0.1, 0.15) is 10.4 Å². The first-order chi connectivity index (χ1) is 9.36. The van der Waals surface area contributed by atoms with E-state index in [1.54, 1.807) is 37.2 Å². The average Bonchev–Trinajstić information content (AvgIpc) is 2.38. The molecule has 0 spiro atoms. The van der Waals surface area contributed by atoms with Crippen LogP contribution in [0.4, 0.5) is 11.4 Å². The lowest BCUT2D eigenvalue weighted by Gasteiger charge is -2.16. The second-order valence-corrected chi connectivity index (χ2v) is 4.03. The Labute approximate surface area is 115 Å². The van der Waals surface area contributed by atoms with Crippen LogP contribution >= 0.6 is 0 Å². The third-order valence-corrected chi connectivity index (χ3v) is 2.37. The van der Waals surface area contributed by atoms with Crippen molar-refractivity contribution in [3.63, 3.8) is 0 Å². The molecule has 0 aromatic heterocycles. The number of carbonyl (C=O) groups is 1. The summed E-state index contributed by atoms with van der Waals surface area (Å²) < 4.78 is 0. The number of carboxylic acid groups (broad SMARTS) is 1. The van der Waals surface area contributed by atoms with Crippen molar-refractivity contribution in [1.29, 1.82) is 10.7 Å². The van der Waals surface area contributed by atoms with Crippen molar-refractivity contribution in [2.45, 2.75) is 0 Å². The molecule has 1 aromatic rings. The molecular weight excluding hydrogens is 260 g/mol. The number of amidine groups is 1.